The standard InChI is InChI=1S/C16H14F3NO3S/c1-22-11-6-8-12(9-7-11)24-10-15(21)20-13-4-2-3-5-14(13)23-16(17,18)19/h2-9H,10H2,1H3,(H,20,21). The second-order valence-electron chi connectivity index (χ2n) is 4.56. The van der Waals surface area contributed by atoms with Crippen LogP contribution in [-0.2, 0) is 4.79 Å². The van der Waals surface area contributed by atoms with Crippen LogP contribution in [0.4, 0.5) is 18.9 Å². The second kappa shape index (κ2) is 7.96. The molecule has 0 atom stereocenters. The highest BCUT2D eigenvalue weighted by molar-refractivity contribution is 8.00. The number of carbonyl (C=O) groups excluding carboxylic acids is 1. The molecule has 1 N–H and O–H groups in total. The lowest BCUT2D eigenvalue weighted by Crippen LogP contribution is -2.20. The summed E-state index contributed by atoms with van der Waals surface area (Å²) in [6, 6.07) is 12.5. The summed E-state index contributed by atoms with van der Waals surface area (Å²) in [7, 11) is 1.55. The van der Waals surface area contributed by atoms with Crippen molar-refractivity contribution in [2.75, 3.05) is 18.2 Å². The number of thioether (sulfide) groups is 1. The summed E-state index contributed by atoms with van der Waals surface area (Å²) >= 11 is 1.26. The first kappa shape index (κ1) is 18.0. The second-order valence-corrected chi connectivity index (χ2v) is 5.61. The minimum atomic E-state index is -4.82. The summed E-state index contributed by atoms with van der Waals surface area (Å²) < 4.78 is 45.9. The van der Waals surface area contributed by atoms with E-state index in [2.05, 4.69) is 10.1 Å². The van der Waals surface area contributed by atoms with Gasteiger partial charge in [-0.15, -0.1) is 24.9 Å². The van der Waals surface area contributed by atoms with Crippen LogP contribution in [0.25, 0.3) is 0 Å². The first-order valence-corrected chi connectivity index (χ1v) is 7.77. The molecule has 128 valence electrons. The Hall–Kier alpha value is -2.35. The molecule has 2 aromatic carbocycles. The molecule has 0 fully saturated rings. The van der Waals surface area contributed by atoms with Gasteiger partial charge in [-0.1, -0.05) is 12.1 Å². The molecule has 2 rings (SSSR count). The van der Waals surface area contributed by atoms with Crippen LogP contribution in [-0.4, -0.2) is 25.1 Å². The number of hydrogen-bond acceptors (Lipinski definition) is 4. The lowest BCUT2D eigenvalue weighted by atomic mass is 10.3. The van der Waals surface area contributed by atoms with Crippen LogP contribution in [0, 0.1) is 0 Å². The van der Waals surface area contributed by atoms with Crippen molar-refractivity contribution in [3.63, 3.8) is 0 Å². The van der Waals surface area contributed by atoms with Gasteiger partial charge in [-0.25, -0.2) is 0 Å². The largest absolute Gasteiger partial charge is 0.573 e. The van der Waals surface area contributed by atoms with Crippen LogP contribution < -0.4 is 14.8 Å². The van der Waals surface area contributed by atoms with Gasteiger partial charge in [0.2, 0.25) is 5.91 Å². The Labute approximate surface area is 141 Å². The van der Waals surface area contributed by atoms with Crippen molar-refractivity contribution in [3.8, 4) is 11.5 Å². The fraction of sp³-hybridized carbons (Fsp3) is 0.188. The number of carbonyl (C=O) groups is 1. The van der Waals surface area contributed by atoms with E-state index in [-0.39, 0.29) is 11.4 Å². The number of ether oxygens (including phenoxy) is 2. The number of nitrogens with one attached hydrogen (secondary N) is 1. The Morgan fingerprint density at radius 3 is 2.42 bits per heavy atom. The molecule has 0 saturated heterocycles. The van der Waals surface area contributed by atoms with Crippen LogP contribution in [0.15, 0.2) is 53.4 Å². The topological polar surface area (TPSA) is 47.6 Å². The van der Waals surface area contributed by atoms with E-state index in [9.17, 15) is 18.0 Å². The predicted octanol–water partition coefficient (Wildman–Crippen LogP) is 4.32. The third-order valence-electron chi connectivity index (χ3n) is 2.82. The fourth-order valence-electron chi connectivity index (χ4n) is 1.79. The SMILES string of the molecule is COc1ccc(SCC(=O)Nc2ccccc2OC(F)(F)F)cc1. The average molecular weight is 357 g/mol. The minimum absolute atomic E-state index is 0.0323. The molecule has 4 nitrogen and oxygen atoms in total. The number of anilines is 1. The van der Waals surface area contributed by atoms with Crippen LogP contribution in [0.2, 0.25) is 0 Å². The van der Waals surface area contributed by atoms with E-state index in [0.717, 1.165) is 11.0 Å². The molecule has 0 aromatic heterocycles. The first-order valence-electron chi connectivity index (χ1n) is 6.79. The summed E-state index contributed by atoms with van der Waals surface area (Å²) in [6.07, 6.45) is -4.82. The van der Waals surface area contributed by atoms with E-state index in [4.69, 9.17) is 4.74 Å². The molecule has 0 heterocycles. The number of amides is 1. The zero-order valence-corrected chi connectivity index (χ0v) is 13.4. The number of methoxy groups -OCH3 is 1. The Bertz CT molecular complexity index is 690. The van der Waals surface area contributed by atoms with Crippen molar-refractivity contribution >= 4 is 23.4 Å². The van der Waals surface area contributed by atoms with Gasteiger partial charge in [0, 0.05) is 4.90 Å². The molecule has 0 aliphatic rings. The molecule has 0 saturated carbocycles. The molecule has 0 radical (unpaired) electrons. The van der Waals surface area contributed by atoms with Gasteiger partial charge in [-0.2, -0.15) is 0 Å². The van der Waals surface area contributed by atoms with Crippen molar-refractivity contribution in [1.82, 2.24) is 0 Å². The van der Waals surface area contributed by atoms with Crippen molar-refractivity contribution in [3.05, 3.63) is 48.5 Å². The fourth-order valence-corrected chi connectivity index (χ4v) is 2.49. The van der Waals surface area contributed by atoms with Crippen LogP contribution in [0.1, 0.15) is 0 Å². The van der Waals surface area contributed by atoms with Gasteiger partial charge >= 0.3 is 6.36 Å². The van der Waals surface area contributed by atoms with Gasteiger partial charge in [-0.3, -0.25) is 4.79 Å². The highest BCUT2D eigenvalue weighted by atomic mass is 32.2. The summed E-state index contributed by atoms with van der Waals surface area (Å²) in [5, 5.41) is 2.42. The van der Waals surface area contributed by atoms with Crippen molar-refractivity contribution in [1.29, 1.82) is 0 Å². The molecule has 0 spiro atoms. The number of rotatable bonds is 6. The first-order chi connectivity index (χ1) is 11.4. The molecule has 24 heavy (non-hydrogen) atoms. The van der Waals surface area contributed by atoms with Gasteiger partial charge in [0.15, 0.2) is 5.75 Å². The lowest BCUT2D eigenvalue weighted by molar-refractivity contribution is -0.274. The van der Waals surface area contributed by atoms with E-state index in [0.29, 0.717) is 5.75 Å². The maximum absolute atomic E-state index is 12.3. The molecule has 0 aliphatic carbocycles. The molecule has 1 amide bonds. The highest BCUT2D eigenvalue weighted by Crippen LogP contribution is 2.30. The Balaban J connectivity index is 1.94. The smallest absolute Gasteiger partial charge is 0.497 e. The van der Waals surface area contributed by atoms with Crippen molar-refractivity contribution < 1.29 is 27.4 Å². The van der Waals surface area contributed by atoms with E-state index in [1.54, 1.807) is 31.4 Å². The number of hydrogen-bond donors (Lipinski definition) is 1. The maximum atomic E-state index is 12.3. The van der Waals surface area contributed by atoms with Gasteiger partial charge < -0.3 is 14.8 Å². The summed E-state index contributed by atoms with van der Waals surface area (Å²) in [5.41, 5.74) is -0.0323. The normalized spacial score (nSPS) is 11.0. The molecule has 0 unspecified atom stereocenters. The average Bonchev–Trinajstić information content (AvgIpc) is 2.54. The Morgan fingerprint density at radius 1 is 1.12 bits per heavy atom. The third kappa shape index (κ3) is 5.69. The molecular formula is C16H14F3NO3S. The van der Waals surface area contributed by atoms with Gasteiger partial charge in [0.1, 0.15) is 5.75 Å². The van der Waals surface area contributed by atoms with E-state index >= 15 is 0 Å². The van der Waals surface area contributed by atoms with Gasteiger partial charge in [0.05, 0.1) is 18.6 Å². The number of alkyl halides is 3. The van der Waals surface area contributed by atoms with Crippen molar-refractivity contribution in [2.24, 2.45) is 0 Å². The summed E-state index contributed by atoms with van der Waals surface area (Å²) in [4.78, 5) is 12.8. The van der Waals surface area contributed by atoms with Crippen LogP contribution >= 0.6 is 11.8 Å². The van der Waals surface area contributed by atoms with Gasteiger partial charge in [-0.05, 0) is 36.4 Å². The van der Waals surface area contributed by atoms with Gasteiger partial charge in [0.25, 0.3) is 0 Å². The summed E-state index contributed by atoms with van der Waals surface area (Å²) in [5.74, 6) is -0.143. The zero-order chi connectivity index (χ0) is 17.6. The molecular weight excluding hydrogens is 343 g/mol. The lowest BCUT2D eigenvalue weighted by Gasteiger charge is -2.13. The predicted molar refractivity (Wildman–Crippen MR) is 85.5 cm³/mol. The molecule has 0 aliphatic heterocycles. The zero-order valence-electron chi connectivity index (χ0n) is 12.6. The Morgan fingerprint density at radius 2 is 1.79 bits per heavy atom. The van der Waals surface area contributed by atoms with E-state index in [1.807, 2.05) is 0 Å². The highest BCUT2D eigenvalue weighted by Gasteiger charge is 2.32. The number of benzene rings is 2. The van der Waals surface area contributed by atoms with Crippen LogP contribution in [0.5, 0.6) is 11.5 Å². The Kier molecular flexibility index (Phi) is 5.97. The van der Waals surface area contributed by atoms with Crippen molar-refractivity contribution in [2.45, 2.75) is 11.3 Å². The van der Waals surface area contributed by atoms with Crippen LogP contribution in [0.3, 0.4) is 0 Å². The monoisotopic (exact) mass is 357 g/mol. The van der Waals surface area contributed by atoms with E-state index < -0.39 is 18.0 Å². The van der Waals surface area contributed by atoms with E-state index in [1.165, 1.54) is 30.0 Å². The third-order valence-corrected chi connectivity index (χ3v) is 3.83. The minimum Gasteiger partial charge on any atom is -0.497 e. The number of halogens is 3. The quantitative estimate of drug-likeness (QED) is 0.782. The molecule has 2 aromatic rings. The number of para-hydroxylation sites is 2. The molecule has 0 bridgehead atoms. The summed E-state index contributed by atoms with van der Waals surface area (Å²) in [6.45, 7) is 0. The maximum Gasteiger partial charge on any atom is 0.573 e. The molecule has 8 heteroatoms.